The molecule has 0 aliphatic heterocycles. The molecule has 20 heavy (non-hydrogen) atoms. The predicted molar refractivity (Wildman–Crippen MR) is 83.0 cm³/mol. The third kappa shape index (κ3) is 2.38. The van der Waals surface area contributed by atoms with Crippen molar-refractivity contribution in [3.63, 3.8) is 0 Å². The summed E-state index contributed by atoms with van der Waals surface area (Å²) in [5.41, 5.74) is 3.09. The van der Waals surface area contributed by atoms with Crippen LogP contribution >= 0.6 is 12.2 Å². The van der Waals surface area contributed by atoms with Gasteiger partial charge in [-0.3, -0.25) is 0 Å². The van der Waals surface area contributed by atoms with Gasteiger partial charge >= 0.3 is 0 Å². The minimum Gasteiger partial charge on any atom is -0.331 e. The number of nitrogens with one attached hydrogen (secondary N) is 1. The van der Waals surface area contributed by atoms with Crippen molar-refractivity contribution in [1.29, 1.82) is 5.26 Å². The summed E-state index contributed by atoms with van der Waals surface area (Å²) in [7, 11) is 0. The molecule has 1 heterocycles. The minimum atomic E-state index is 0.328. The van der Waals surface area contributed by atoms with Crippen LogP contribution < -0.4 is 0 Å². The van der Waals surface area contributed by atoms with E-state index in [4.69, 9.17) is 17.5 Å². The number of hydrogen-bond acceptors (Lipinski definition) is 2. The number of aromatic nitrogens is 2. The van der Waals surface area contributed by atoms with Crippen molar-refractivity contribution in [3.8, 4) is 6.07 Å². The second-order valence-electron chi connectivity index (χ2n) is 6.23. The third-order valence-corrected chi connectivity index (χ3v) is 4.83. The molecule has 1 fully saturated rings. The number of benzene rings is 1. The van der Waals surface area contributed by atoms with Gasteiger partial charge in [-0.15, -0.1) is 0 Å². The zero-order chi connectivity index (χ0) is 14.2. The number of nitriles is 1. The Hall–Kier alpha value is -1.60. The molecule has 0 saturated heterocycles. The zero-order valence-electron chi connectivity index (χ0n) is 11.8. The highest BCUT2D eigenvalue weighted by molar-refractivity contribution is 7.71. The topological polar surface area (TPSA) is 44.5 Å². The van der Waals surface area contributed by atoms with Crippen molar-refractivity contribution in [2.45, 2.75) is 45.6 Å². The Kier molecular flexibility index (Phi) is 3.39. The number of rotatable bonds is 2. The van der Waals surface area contributed by atoms with Crippen molar-refractivity contribution in [2.75, 3.05) is 0 Å². The standard InChI is InChI=1S/C16H19N3S/c1-16(7-3-2-4-8-16)11-19-14-9-12(10-17)5-6-13(14)18-15(19)20/h5-6,9H,2-4,7-8,11H2,1H3,(H,18,20). The van der Waals surface area contributed by atoms with Crippen LogP contribution in [0.15, 0.2) is 18.2 Å². The molecule has 104 valence electrons. The van der Waals surface area contributed by atoms with Crippen LogP contribution in [0.3, 0.4) is 0 Å². The number of nitrogens with zero attached hydrogens (tertiary/aromatic N) is 2. The Balaban J connectivity index is 2.04. The molecule has 0 spiro atoms. The van der Waals surface area contributed by atoms with Crippen molar-refractivity contribution < 1.29 is 0 Å². The fourth-order valence-corrected chi connectivity index (χ4v) is 3.60. The first kappa shape index (κ1) is 13.4. The van der Waals surface area contributed by atoms with E-state index in [0.717, 1.165) is 22.3 Å². The fourth-order valence-electron chi connectivity index (χ4n) is 3.32. The number of imidazole rings is 1. The van der Waals surface area contributed by atoms with Crippen LogP contribution in [-0.2, 0) is 6.54 Å². The summed E-state index contributed by atoms with van der Waals surface area (Å²) in [5.74, 6) is 0. The van der Waals surface area contributed by atoms with Gasteiger partial charge in [0.2, 0.25) is 0 Å². The maximum atomic E-state index is 9.07. The summed E-state index contributed by atoms with van der Waals surface area (Å²) in [6, 6.07) is 7.93. The third-order valence-electron chi connectivity index (χ3n) is 4.50. The SMILES string of the molecule is CC1(Cn2c(=S)[nH]c3ccc(C#N)cc32)CCCCC1. The van der Waals surface area contributed by atoms with Gasteiger partial charge in [0.05, 0.1) is 22.7 Å². The van der Waals surface area contributed by atoms with Crippen LogP contribution in [-0.4, -0.2) is 9.55 Å². The molecule has 1 N–H and O–H groups in total. The molecule has 1 aromatic heterocycles. The number of fused-ring (bicyclic) bond motifs is 1. The maximum Gasteiger partial charge on any atom is 0.178 e. The van der Waals surface area contributed by atoms with E-state index in [2.05, 4.69) is 22.5 Å². The van der Waals surface area contributed by atoms with E-state index in [-0.39, 0.29) is 0 Å². The first-order chi connectivity index (χ1) is 9.61. The molecule has 1 aliphatic rings. The molecule has 3 rings (SSSR count). The van der Waals surface area contributed by atoms with Crippen LogP contribution in [0.1, 0.15) is 44.6 Å². The first-order valence-electron chi connectivity index (χ1n) is 7.24. The molecule has 1 aromatic carbocycles. The Morgan fingerprint density at radius 1 is 1.35 bits per heavy atom. The molecular formula is C16H19N3S. The number of hydrogen-bond donors (Lipinski definition) is 1. The second kappa shape index (κ2) is 5.06. The lowest BCUT2D eigenvalue weighted by molar-refractivity contribution is 0.184. The Labute approximate surface area is 124 Å². The lowest BCUT2D eigenvalue weighted by Gasteiger charge is -2.34. The Morgan fingerprint density at radius 2 is 2.10 bits per heavy atom. The van der Waals surface area contributed by atoms with Crippen LogP contribution in [0.25, 0.3) is 11.0 Å². The van der Waals surface area contributed by atoms with Crippen molar-refractivity contribution in [1.82, 2.24) is 9.55 Å². The molecular weight excluding hydrogens is 266 g/mol. The average molecular weight is 285 g/mol. The van der Waals surface area contributed by atoms with Gasteiger partial charge in [-0.05, 0) is 48.7 Å². The van der Waals surface area contributed by atoms with Gasteiger partial charge in [0.15, 0.2) is 4.77 Å². The van der Waals surface area contributed by atoms with Crippen molar-refractivity contribution in [2.24, 2.45) is 5.41 Å². The van der Waals surface area contributed by atoms with E-state index in [1.54, 1.807) is 0 Å². The van der Waals surface area contributed by atoms with Gasteiger partial charge in [-0.25, -0.2) is 0 Å². The van der Waals surface area contributed by atoms with E-state index in [9.17, 15) is 0 Å². The summed E-state index contributed by atoms with van der Waals surface area (Å²) in [6.07, 6.45) is 6.51. The largest absolute Gasteiger partial charge is 0.331 e. The highest BCUT2D eigenvalue weighted by Crippen LogP contribution is 2.38. The first-order valence-corrected chi connectivity index (χ1v) is 7.65. The molecule has 4 heteroatoms. The summed E-state index contributed by atoms with van der Waals surface area (Å²) in [5, 5.41) is 9.07. The van der Waals surface area contributed by atoms with Crippen LogP contribution in [0.5, 0.6) is 0 Å². The van der Waals surface area contributed by atoms with Crippen LogP contribution in [0, 0.1) is 21.5 Å². The highest BCUT2D eigenvalue weighted by atomic mass is 32.1. The normalized spacial score (nSPS) is 18.0. The average Bonchev–Trinajstić information content (AvgIpc) is 2.75. The lowest BCUT2D eigenvalue weighted by atomic mass is 9.75. The van der Waals surface area contributed by atoms with E-state index < -0.39 is 0 Å². The molecule has 1 aliphatic carbocycles. The van der Waals surface area contributed by atoms with Gasteiger partial charge < -0.3 is 9.55 Å². The van der Waals surface area contributed by atoms with Gasteiger partial charge in [0.1, 0.15) is 0 Å². The fraction of sp³-hybridized carbons (Fsp3) is 0.500. The quantitative estimate of drug-likeness (QED) is 0.823. The molecule has 0 unspecified atom stereocenters. The van der Waals surface area contributed by atoms with Crippen molar-refractivity contribution >= 4 is 23.3 Å². The molecule has 1 saturated carbocycles. The number of aromatic amines is 1. The Bertz CT molecular complexity index is 726. The van der Waals surface area contributed by atoms with E-state index in [1.165, 1.54) is 32.1 Å². The number of H-pyrrole nitrogens is 1. The van der Waals surface area contributed by atoms with Gasteiger partial charge in [-0.2, -0.15) is 5.26 Å². The van der Waals surface area contributed by atoms with E-state index in [1.807, 2.05) is 18.2 Å². The summed E-state index contributed by atoms with van der Waals surface area (Å²) < 4.78 is 2.94. The molecule has 0 bridgehead atoms. The zero-order valence-corrected chi connectivity index (χ0v) is 12.6. The minimum absolute atomic E-state index is 0.328. The van der Waals surface area contributed by atoms with Gasteiger partial charge in [0, 0.05) is 6.54 Å². The molecule has 0 amide bonds. The molecule has 0 radical (unpaired) electrons. The maximum absolute atomic E-state index is 9.07. The van der Waals surface area contributed by atoms with E-state index >= 15 is 0 Å². The van der Waals surface area contributed by atoms with Crippen molar-refractivity contribution in [3.05, 3.63) is 28.5 Å². The highest BCUT2D eigenvalue weighted by Gasteiger charge is 2.28. The molecule has 2 aromatic rings. The van der Waals surface area contributed by atoms with Crippen LogP contribution in [0.2, 0.25) is 0 Å². The smallest absolute Gasteiger partial charge is 0.178 e. The van der Waals surface area contributed by atoms with Crippen LogP contribution in [0.4, 0.5) is 0 Å². The Morgan fingerprint density at radius 3 is 2.80 bits per heavy atom. The molecule has 3 nitrogen and oxygen atoms in total. The lowest BCUT2D eigenvalue weighted by Crippen LogP contribution is -2.26. The molecule has 0 atom stereocenters. The van der Waals surface area contributed by atoms with Gasteiger partial charge in [-0.1, -0.05) is 26.2 Å². The summed E-state index contributed by atoms with van der Waals surface area (Å²) >= 11 is 5.48. The second-order valence-corrected chi connectivity index (χ2v) is 6.62. The summed E-state index contributed by atoms with van der Waals surface area (Å²) in [6.45, 7) is 3.31. The monoisotopic (exact) mass is 285 g/mol. The summed E-state index contributed by atoms with van der Waals surface area (Å²) in [4.78, 5) is 3.25. The van der Waals surface area contributed by atoms with Gasteiger partial charge in [0.25, 0.3) is 0 Å². The predicted octanol–water partition coefficient (Wildman–Crippen LogP) is 4.54. The van der Waals surface area contributed by atoms with E-state index in [0.29, 0.717) is 11.0 Å².